The fourth-order valence-corrected chi connectivity index (χ4v) is 2.59. The van der Waals surface area contributed by atoms with Crippen molar-refractivity contribution in [1.82, 2.24) is 14.7 Å². The number of nitrogens with two attached hydrogens (primary N) is 1. The maximum absolute atomic E-state index is 5.87. The highest BCUT2D eigenvalue weighted by atomic mass is 15.4. The van der Waals surface area contributed by atoms with E-state index in [-0.39, 0.29) is 0 Å². The predicted octanol–water partition coefficient (Wildman–Crippen LogP) is 0.964. The van der Waals surface area contributed by atoms with Gasteiger partial charge in [-0.05, 0) is 34.9 Å². The molecule has 1 atom stereocenters. The highest BCUT2D eigenvalue weighted by Gasteiger charge is 2.21. The molecule has 0 saturated carbocycles. The van der Waals surface area contributed by atoms with Gasteiger partial charge in [-0.25, -0.2) is 0 Å². The summed E-state index contributed by atoms with van der Waals surface area (Å²) >= 11 is 0. The molecule has 1 heterocycles. The van der Waals surface area contributed by atoms with Gasteiger partial charge >= 0.3 is 0 Å². The van der Waals surface area contributed by atoms with Gasteiger partial charge in [-0.15, -0.1) is 0 Å². The fraction of sp³-hybridized carbons (Fsp3) is 0.769. The van der Waals surface area contributed by atoms with Crippen LogP contribution in [0.3, 0.4) is 0 Å². The minimum Gasteiger partial charge on any atom is -0.353 e. The lowest BCUT2D eigenvalue weighted by Crippen LogP contribution is -2.41. The first-order valence-corrected chi connectivity index (χ1v) is 6.56. The molecule has 2 N–H and O–H groups in total. The molecule has 1 rings (SSSR count). The standard InChI is InChI=1S/C13H27N5/c1-7-18(10(2)9-16(4)5)13-12(8-14)11(3)15-17(13)6/h10H,7-9,14H2,1-6H3. The molecule has 0 bridgehead atoms. The lowest BCUT2D eigenvalue weighted by Gasteiger charge is -2.32. The van der Waals surface area contributed by atoms with Crippen LogP contribution in [0, 0.1) is 6.92 Å². The first-order chi connectivity index (χ1) is 8.42. The average molecular weight is 253 g/mol. The van der Waals surface area contributed by atoms with E-state index in [1.54, 1.807) is 0 Å². The van der Waals surface area contributed by atoms with Crippen LogP contribution in [0.5, 0.6) is 0 Å². The molecular formula is C13H27N5. The van der Waals surface area contributed by atoms with Crippen LogP contribution in [-0.2, 0) is 13.6 Å². The molecule has 0 fully saturated rings. The monoisotopic (exact) mass is 253 g/mol. The van der Waals surface area contributed by atoms with Crippen molar-refractivity contribution in [3.05, 3.63) is 11.3 Å². The van der Waals surface area contributed by atoms with Crippen molar-refractivity contribution < 1.29 is 0 Å². The Labute approximate surface area is 111 Å². The Hall–Kier alpha value is -1.07. The van der Waals surface area contributed by atoms with Gasteiger partial charge in [-0.1, -0.05) is 0 Å². The van der Waals surface area contributed by atoms with E-state index in [2.05, 4.69) is 42.8 Å². The average Bonchev–Trinajstić information content (AvgIpc) is 2.54. The molecule has 0 saturated heterocycles. The van der Waals surface area contributed by atoms with Gasteiger partial charge in [0.15, 0.2) is 0 Å². The number of anilines is 1. The van der Waals surface area contributed by atoms with Gasteiger partial charge in [0.1, 0.15) is 5.82 Å². The van der Waals surface area contributed by atoms with Crippen molar-refractivity contribution in [3.8, 4) is 0 Å². The summed E-state index contributed by atoms with van der Waals surface area (Å²) in [4.78, 5) is 4.58. The highest BCUT2D eigenvalue weighted by Crippen LogP contribution is 2.24. The van der Waals surface area contributed by atoms with Crippen molar-refractivity contribution in [3.63, 3.8) is 0 Å². The molecule has 0 amide bonds. The van der Waals surface area contributed by atoms with E-state index < -0.39 is 0 Å². The molecule has 0 radical (unpaired) electrons. The molecule has 0 aromatic carbocycles. The van der Waals surface area contributed by atoms with Gasteiger partial charge in [-0.2, -0.15) is 5.10 Å². The van der Waals surface area contributed by atoms with Crippen LogP contribution in [0.4, 0.5) is 5.82 Å². The molecule has 5 nitrogen and oxygen atoms in total. The molecule has 5 heteroatoms. The van der Waals surface area contributed by atoms with Crippen molar-refractivity contribution >= 4 is 5.82 Å². The second-order valence-corrected chi connectivity index (χ2v) is 5.11. The number of rotatable bonds is 6. The minimum atomic E-state index is 0.435. The van der Waals surface area contributed by atoms with Crippen LogP contribution in [0.2, 0.25) is 0 Å². The first-order valence-electron chi connectivity index (χ1n) is 6.56. The number of likely N-dealkylation sites (N-methyl/N-ethyl adjacent to an activating group) is 2. The second-order valence-electron chi connectivity index (χ2n) is 5.11. The van der Waals surface area contributed by atoms with Gasteiger partial charge in [0.05, 0.1) is 5.69 Å². The van der Waals surface area contributed by atoms with Crippen LogP contribution in [0.15, 0.2) is 0 Å². The Bertz CT molecular complexity index is 383. The molecule has 1 aromatic rings. The molecular weight excluding hydrogens is 226 g/mol. The van der Waals surface area contributed by atoms with Crippen LogP contribution >= 0.6 is 0 Å². The molecule has 0 aliphatic carbocycles. The number of nitrogens with zero attached hydrogens (tertiary/aromatic N) is 4. The SMILES string of the molecule is CCN(c1c(CN)c(C)nn1C)C(C)CN(C)C. The van der Waals surface area contributed by atoms with Crippen LogP contribution < -0.4 is 10.6 Å². The number of aryl methyl sites for hydroxylation is 2. The zero-order valence-electron chi connectivity index (χ0n) is 12.6. The van der Waals surface area contributed by atoms with E-state index in [0.717, 1.165) is 30.2 Å². The fourth-order valence-electron chi connectivity index (χ4n) is 2.59. The summed E-state index contributed by atoms with van der Waals surface area (Å²) in [5.74, 6) is 1.16. The lowest BCUT2D eigenvalue weighted by atomic mass is 10.2. The summed E-state index contributed by atoms with van der Waals surface area (Å²) in [6.07, 6.45) is 0. The summed E-state index contributed by atoms with van der Waals surface area (Å²) in [5, 5.41) is 4.49. The maximum Gasteiger partial charge on any atom is 0.131 e. The van der Waals surface area contributed by atoms with Gasteiger partial charge in [0.2, 0.25) is 0 Å². The largest absolute Gasteiger partial charge is 0.353 e. The molecule has 0 aliphatic heterocycles. The normalized spacial score (nSPS) is 13.1. The van der Waals surface area contributed by atoms with E-state index in [0.29, 0.717) is 12.6 Å². The molecule has 1 unspecified atom stereocenters. The van der Waals surface area contributed by atoms with Gasteiger partial charge in [-0.3, -0.25) is 4.68 Å². The minimum absolute atomic E-state index is 0.435. The Balaban J connectivity index is 3.08. The van der Waals surface area contributed by atoms with Crippen LogP contribution in [-0.4, -0.2) is 47.9 Å². The van der Waals surface area contributed by atoms with Crippen molar-refractivity contribution in [2.45, 2.75) is 33.4 Å². The molecule has 0 aliphatic rings. The Kier molecular flexibility index (Phi) is 5.16. The smallest absolute Gasteiger partial charge is 0.131 e. The van der Waals surface area contributed by atoms with Crippen molar-refractivity contribution in [1.29, 1.82) is 0 Å². The van der Waals surface area contributed by atoms with E-state index in [1.165, 1.54) is 0 Å². The third-order valence-corrected chi connectivity index (χ3v) is 3.29. The number of hydrogen-bond acceptors (Lipinski definition) is 4. The third-order valence-electron chi connectivity index (χ3n) is 3.29. The van der Waals surface area contributed by atoms with E-state index >= 15 is 0 Å². The maximum atomic E-state index is 5.87. The Morgan fingerprint density at radius 2 is 2.00 bits per heavy atom. The van der Waals surface area contributed by atoms with Crippen molar-refractivity contribution in [2.24, 2.45) is 12.8 Å². The Morgan fingerprint density at radius 1 is 1.39 bits per heavy atom. The van der Waals surface area contributed by atoms with Gasteiger partial charge in [0, 0.05) is 38.3 Å². The highest BCUT2D eigenvalue weighted by molar-refractivity contribution is 5.50. The number of aromatic nitrogens is 2. The first kappa shape index (κ1) is 15.0. The quantitative estimate of drug-likeness (QED) is 0.820. The van der Waals surface area contributed by atoms with Crippen LogP contribution in [0.25, 0.3) is 0 Å². The van der Waals surface area contributed by atoms with Crippen molar-refractivity contribution in [2.75, 3.05) is 32.1 Å². The molecule has 0 spiro atoms. The van der Waals surface area contributed by atoms with Crippen LogP contribution in [0.1, 0.15) is 25.1 Å². The van der Waals surface area contributed by atoms with E-state index in [1.807, 2.05) is 18.7 Å². The zero-order valence-corrected chi connectivity index (χ0v) is 12.6. The summed E-state index contributed by atoms with van der Waals surface area (Å²) in [7, 11) is 6.19. The second kappa shape index (κ2) is 6.20. The number of hydrogen-bond donors (Lipinski definition) is 1. The zero-order chi connectivity index (χ0) is 13.9. The van der Waals surface area contributed by atoms with E-state index in [9.17, 15) is 0 Å². The Morgan fingerprint density at radius 3 is 2.44 bits per heavy atom. The molecule has 104 valence electrons. The summed E-state index contributed by atoms with van der Waals surface area (Å²) in [6, 6.07) is 0.435. The summed E-state index contributed by atoms with van der Waals surface area (Å²) in [6.45, 7) is 8.96. The third kappa shape index (κ3) is 3.03. The molecule has 18 heavy (non-hydrogen) atoms. The van der Waals surface area contributed by atoms with E-state index in [4.69, 9.17) is 5.73 Å². The summed E-state index contributed by atoms with van der Waals surface area (Å²) < 4.78 is 1.95. The lowest BCUT2D eigenvalue weighted by molar-refractivity contribution is 0.370. The van der Waals surface area contributed by atoms with Gasteiger partial charge in [0.25, 0.3) is 0 Å². The predicted molar refractivity (Wildman–Crippen MR) is 76.9 cm³/mol. The van der Waals surface area contributed by atoms with Gasteiger partial charge < -0.3 is 15.5 Å². The molecule has 1 aromatic heterocycles. The summed E-state index contributed by atoms with van der Waals surface area (Å²) in [5.41, 5.74) is 8.06. The topological polar surface area (TPSA) is 50.3 Å².